The Morgan fingerprint density at radius 1 is 1.00 bits per heavy atom. The summed E-state index contributed by atoms with van der Waals surface area (Å²) in [5.74, 6) is 2.13. The normalized spacial score (nSPS) is 21.2. The number of alkyl carbamates (subject to hydrolysis) is 1. The summed E-state index contributed by atoms with van der Waals surface area (Å²) in [7, 11) is 1.70. The molecule has 48 heavy (non-hydrogen) atoms. The molecular formula is C37H49F2N5O4. The molecule has 5 rings (SSSR count). The van der Waals surface area contributed by atoms with Gasteiger partial charge in [0, 0.05) is 36.5 Å². The molecule has 0 bridgehead atoms. The van der Waals surface area contributed by atoms with Crippen molar-refractivity contribution < 1.29 is 27.8 Å². The summed E-state index contributed by atoms with van der Waals surface area (Å²) in [5.41, 5.74) is 4.40. The second-order valence-corrected chi connectivity index (χ2v) is 13.6. The summed E-state index contributed by atoms with van der Waals surface area (Å²) in [5, 5.41) is 6.72. The second-order valence-electron chi connectivity index (χ2n) is 13.6. The summed E-state index contributed by atoms with van der Waals surface area (Å²) < 4.78 is 38.5. The van der Waals surface area contributed by atoms with Gasteiger partial charge in [0.25, 0.3) is 0 Å². The number of hydrogen-bond donors (Lipinski definition) is 1. The quantitative estimate of drug-likeness (QED) is 0.213. The molecule has 1 aromatic carbocycles. The number of halogens is 2. The molecule has 2 amide bonds. The van der Waals surface area contributed by atoms with Gasteiger partial charge in [0.05, 0.1) is 19.3 Å². The van der Waals surface area contributed by atoms with Gasteiger partial charge in [-0.15, -0.1) is 0 Å². The fourth-order valence-electron chi connectivity index (χ4n) is 7.02. The molecule has 1 N–H and O–H groups in total. The standard InChI is InChI=1S/C37H49F2N5O4/c1-24(2)44-23-31(21-41-44)30-15-16-40-35(18-30)43(22-26-5-7-27(8-6-26)29-11-14-34(47-4)25(3)17-29)36(45)28-9-12-33(13-10-28)48-37(46)42-32(19-38)20-39/h11,14-18,21,23-24,26-28,32-33H,5-10,12-13,19-20,22H2,1-4H3,(H,42,46). The first-order chi connectivity index (χ1) is 23.2. The van der Waals surface area contributed by atoms with Crippen molar-refractivity contribution in [3.63, 3.8) is 0 Å². The maximum Gasteiger partial charge on any atom is 0.407 e. The Labute approximate surface area is 282 Å². The predicted molar refractivity (Wildman–Crippen MR) is 182 cm³/mol. The summed E-state index contributed by atoms with van der Waals surface area (Å²) in [4.78, 5) is 33.0. The van der Waals surface area contributed by atoms with Crippen LogP contribution in [-0.4, -0.2) is 65.9 Å². The first-order valence-corrected chi connectivity index (χ1v) is 17.2. The molecule has 2 heterocycles. The van der Waals surface area contributed by atoms with Gasteiger partial charge in [0.2, 0.25) is 5.91 Å². The Balaban J connectivity index is 1.29. The fourth-order valence-corrected chi connectivity index (χ4v) is 7.02. The number of alkyl halides is 2. The number of carbonyl (C=O) groups is 2. The van der Waals surface area contributed by atoms with E-state index in [4.69, 9.17) is 14.5 Å². The van der Waals surface area contributed by atoms with Crippen molar-refractivity contribution in [1.29, 1.82) is 0 Å². The number of carbonyl (C=O) groups excluding carboxylic acids is 2. The molecule has 9 nitrogen and oxygen atoms in total. The molecule has 2 aromatic heterocycles. The maximum atomic E-state index is 14.3. The van der Waals surface area contributed by atoms with E-state index in [9.17, 15) is 18.4 Å². The molecule has 3 aromatic rings. The number of rotatable bonds is 12. The van der Waals surface area contributed by atoms with Crippen molar-refractivity contribution >= 4 is 17.8 Å². The van der Waals surface area contributed by atoms with E-state index in [1.165, 1.54) is 5.56 Å². The van der Waals surface area contributed by atoms with Gasteiger partial charge in [-0.2, -0.15) is 5.10 Å². The van der Waals surface area contributed by atoms with E-state index in [-0.39, 0.29) is 17.9 Å². The van der Waals surface area contributed by atoms with Crippen LogP contribution >= 0.6 is 0 Å². The zero-order valence-corrected chi connectivity index (χ0v) is 28.5. The number of nitrogens with zero attached hydrogens (tertiary/aromatic N) is 4. The van der Waals surface area contributed by atoms with Gasteiger partial charge in [-0.25, -0.2) is 18.6 Å². The number of ether oxygens (including phenoxy) is 2. The van der Waals surface area contributed by atoms with Crippen molar-refractivity contribution in [2.75, 3.05) is 31.9 Å². The highest BCUT2D eigenvalue weighted by atomic mass is 19.1. The molecule has 2 fully saturated rings. The van der Waals surface area contributed by atoms with Crippen molar-refractivity contribution in [3.05, 3.63) is 60.0 Å². The van der Waals surface area contributed by atoms with E-state index in [0.29, 0.717) is 49.9 Å². The van der Waals surface area contributed by atoms with Gasteiger partial charge in [-0.1, -0.05) is 12.1 Å². The van der Waals surface area contributed by atoms with Crippen LogP contribution in [0.4, 0.5) is 19.4 Å². The van der Waals surface area contributed by atoms with E-state index < -0.39 is 31.6 Å². The van der Waals surface area contributed by atoms with Crippen molar-refractivity contribution in [1.82, 2.24) is 20.1 Å². The molecular weight excluding hydrogens is 616 g/mol. The van der Waals surface area contributed by atoms with Crippen molar-refractivity contribution in [3.8, 4) is 16.9 Å². The van der Waals surface area contributed by atoms with Crippen molar-refractivity contribution in [2.24, 2.45) is 11.8 Å². The Kier molecular flexibility index (Phi) is 12.1. The number of pyridine rings is 1. The smallest absolute Gasteiger partial charge is 0.407 e. The summed E-state index contributed by atoms with van der Waals surface area (Å²) in [6, 6.07) is 9.42. The number of nitrogens with one attached hydrogen (secondary N) is 1. The molecule has 0 saturated heterocycles. The number of hydrogen-bond acceptors (Lipinski definition) is 6. The van der Waals surface area contributed by atoms with E-state index in [0.717, 1.165) is 48.1 Å². The molecule has 0 radical (unpaired) electrons. The average Bonchev–Trinajstić information content (AvgIpc) is 3.61. The molecule has 260 valence electrons. The number of methoxy groups -OCH3 is 1. The number of aryl methyl sites for hydroxylation is 1. The van der Waals surface area contributed by atoms with Gasteiger partial charge < -0.3 is 14.8 Å². The monoisotopic (exact) mass is 665 g/mol. The number of benzene rings is 1. The molecule has 2 aliphatic rings. The Morgan fingerprint density at radius 2 is 1.73 bits per heavy atom. The summed E-state index contributed by atoms with van der Waals surface area (Å²) in [6.45, 7) is 4.83. The average molecular weight is 666 g/mol. The lowest BCUT2D eigenvalue weighted by atomic mass is 9.78. The zero-order chi connectivity index (χ0) is 34.2. The highest BCUT2D eigenvalue weighted by Crippen LogP contribution is 2.39. The minimum absolute atomic E-state index is 0.0308. The zero-order valence-electron chi connectivity index (χ0n) is 28.5. The lowest BCUT2D eigenvalue weighted by Gasteiger charge is -2.35. The van der Waals surface area contributed by atoms with Crippen LogP contribution in [0.2, 0.25) is 0 Å². The third-order valence-corrected chi connectivity index (χ3v) is 9.92. The number of amides is 2. The van der Waals surface area contributed by atoms with Crippen LogP contribution in [-0.2, 0) is 9.53 Å². The first kappa shape index (κ1) is 35.3. The Hall–Kier alpha value is -4.02. The van der Waals surface area contributed by atoms with Crippen LogP contribution in [0.25, 0.3) is 11.1 Å². The SMILES string of the molecule is COc1ccc(C2CCC(CN(C(=O)C3CCC(OC(=O)NC(CF)CF)CC3)c3cc(-c4cnn(C(C)C)c4)ccn3)CC2)cc1C. The van der Waals surface area contributed by atoms with Gasteiger partial charge in [-0.3, -0.25) is 14.4 Å². The Morgan fingerprint density at radius 3 is 2.35 bits per heavy atom. The maximum absolute atomic E-state index is 14.3. The van der Waals surface area contributed by atoms with Crippen LogP contribution in [0.3, 0.4) is 0 Å². The molecule has 0 unspecified atom stereocenters. The van der Waals surface area contributed by atoms with Crippen LogP contribution in [0, 0.1) is 18.8 Å². The van der Waals surface area contributed by atoms with E-state index >= 15 is 0 Å². The molecule has 2 aliphatic carbocycles. The van der Waals surface area contributed by atoms with Gasteiger partial charge in [-0.05, 0) is 119 Å². The minimum atomic E-state index is -1.21. The first-order valence-electron chi connectivity index (χ1n) is 17.2. The largest absolute Gasteiger partial charge is 0.496 e. The van der Waals surface area contributed by atoms with Gasteiger partial charge in [0.1, 0.15) is 31.0 Å². The highest BCUT2D eigenvalue weighted by Gasteiger charge is 2.34. The highest BCUT2D eigenvalue weighted by molar-refractivity contribution is 5.94. The van der Waals surface area contributed by atoms with Crippen molar-refractivity contribution in [2.45, 2.75) is 96.2 Å². The lowest BCUT2D eigenvalue weighted by molar-refractivity contribution is -0.124. The van der Waals surface area contributed by atoms with Crippen LogP contribution in [0.5, 0.6) is 5.75 Å². The molecule has 2 saturated carbocycles. The van der Waals surface area contributed by atoms with E-state index in [1.807, 2.05) is 34.1 Å². The minimum Gasteiger partial charge on any atom is -0.496 e. The predicted octanol–water partition coefficient (Wildman–Crippen LogP) is 7.74. The second kappa shape index (κ2) is 16.4. The molecule has 0 atom stereocenters. The lowest BCUT2D eigenvalue weighted by Crippen LogP contribution is -2.43. The van der Waals surface area contributed by atoms with Gasteiger partial charge in [0.15, 0.2) is 0 Å². The third kappa shape index (κ3) is 8.71. The van der Waals surface area contributed by atoms with Gasteiger partial charge >= 0.3 is 6.09 Å². The number of anilines is 1. The van der Waals surface area contributed by atoms with Crippen LogP contribution < -0.4 is 15.0 Å². The Bertz CT molecular complexity index is 1510. The fraction of sp³-hybridized carbons (Fsp3) is 0.568. The molecule has 0 aliphatic heterocycles. The number of aromatic nitrogens is 3. The summed E-state index contributed by atoms with van der Waals surface area (Å²) in [6.07, 6.45) is 10.6. The van der Waals surface area contributed by atoms with Crippen LogP contribution in [0.15, 0.2) is 48.9 Å². The third-order valence-electron chi connectivity index (χ3n) is 9.92. The summed E-state index contributed by atoms with van der Waals surface area (Å²) >= 11 is 0. The topological polar surface area (TPSA) is 98.6 Å². The van der Waals surface area contributed by atoms with E-state index in [1.54, 1.807) is 13.3 Å². The van der Waals surface area contributed by atoms with E-state index in [2.05, 4.69) is 49.4 Å². The molecule has 11 heteroatoms. The molecule has 0 spiro atoms. The van der Waals surface area contributed by atoms with Crippen LogP contribution in [0.1, 0.15) is 88.3 Å².